The number of unbranched alkanes of at least 4 members (excludes halogenated alkanes) is 2. The standard InChI is InChI=1S/C29H48N4O5/c1-8-12-16-22(17-13-9-2)27(36)32-23(18-20(5)6)26(35)29(38)31-19-24(34)33-25(28(37)30-7)21(14-10-3)15-11-4/h10-11,14-15,20,22-23,25H,3,8-9,12-13,16-19H2,1-2,4-7H3,(H,30,37)(H,31,38)(H,32,36)(H,33,34)/b15-11-,21-14+. The predicted octanol–water partition coefficient (Wildman–Crippen LogP) is 3.12. The Hall–Kier alpha value is -3.23. The number of amides is 4. The highest BCUT2D eigenvalue weighted by Crippen LogP contribution is 2.18. The third kappa shape index (κ3) is 13.4. The summed E-state index contributed by atoms with van der Waals surface area (Å²) < 4.78 is 0. The molecule has 214 valence electrons. The lowest BCUT2D eigenvalue weighted by Gasteiger charge is -2.23. The molecule has 9 heteroatoms. The first kappa shape index (κ1) is 34.8. The van der Waals surface area contributed by atoms with E-state index in [-0.39, 0.29) is 17.7 Å². The third-order valence-electron chi connectivity index (χ3n) is 5.97. The highest BCUT2D eigenvalue weighted by atomic mass is 16.2. The zero-order valence-electron chi connectivity index (χ0n) is 24.0. The van der Waals surface area contributed by atoms with Gasteiger partial charge in [0, 0.05) is 13.0 Å². The van der Waals surface area contributed by atoms with Crippen LogP contribution in [-0.2, 0) is 24.0 Å². The Kier molecular flexibility index (Phi) is 18.1. The molecule has 0 radical (unpaired) electrons. The Balaban J connectivity index is 5.40. The average molecular weight is 533 g/mol. The fourth-order valence-corrected chi connectivity index (χ4v) is 3.94. The van der Waals surface area contributed by atoms with Crippen LogP contribution in [0, 0.1) is 11.8 Å². The zero-order chi connectivity index (χ0) is 29.1. The monoisotopic (exact) mass is 532 g/mol. The van der Waals surface area contributed by atoms with E-state index >= 15 is 0 Å². The van der Waals surface area contributed by atoms with Crippen LogP contribution in [0.15, 0.2) is 36.5 Å². The molecule has 0 saturated heterocycles. The van der Waals surface area contributed by atoms with Crippen molar-refractivity contribution in [3.63, 3.8) is 0 Å². The Morgan fingerprint density at radius 1 is 0.921 bits per heavy atom. The maximum Gasteiger partial charge on any atom is 0.290 e. The largest absolute Gasteiger partial charge is 0.357 e. The van der Waals surface area contributed by atoms with Crippen LogP contribution in [0.5, 0.6) is 0 Å². The minimum Gasteiger partial charge on any atom is -0.357 e. The number of ketones is 1. The fraction of sp³-hybridized carbons (Fsp3) is 0.621. The first-order chi connectivity index (χ1) is 18.1. The molecule has 0 saturated carbocycles. The number of carbonyl (C=O) groups excluding carboxylic acids is 5. The lowest BCUT2D eigenvalue weighted by atomic mass is 9.93. The van der Waals surface area contributed by atoms with Crippen LogP contribution in [-0.4, -0.2) is 55.1 Å². The minimum atomic E-state index is -1.01. The summed E-state index contributed by atoms with van der Waals surface area (Å²) in [5.41, 5.74) is 0.498. The van der Waals surface area contributed by atoms with Crippen LogP contribution in [0.4, 0.5) is 0 Å². The summed E-state index contributed by atoms with van der Waals surface area (Å²) in [6.07, 6.45) is 12.0. The molecule has 0 spiro atoms. The van der Waals surface area contributed by atoms with E-state index in [0.29, 0.717) is 12.0 Å². The number of likely N-dealkylation sites (N-methyl/N-ethyl adjacent to an activating group) is 1. The molecule has 0 bridgehead atoms. The van der Waals surface area contributed by atoms with Gasteiger partial charge in [-0.25, -0.2) is 0 Å². The normalized spacial score (nSPS) is 13.2. The molecule has 9 nitrogen and oxygen atoms in total. The van der Waals surface area contributed by atoms with Gasteiger partial charge in [0.1, 0.15) is 6.04 Å². The summed E-state index contributed by atoms with van der Waals surface area (Å²) in [6.45, 7) is 12.8. The maximum absolute atomic E-state index is 13.0. The van der Waals surface area contributed by atoms with Crippen molar-refractivity contribution < 1.29 is 24.0 Å². The van der Waals surface area contributed by atoms with E-state index in [1.54, 1.807) is 25.2 Å². The molecular weight excluding hydrogens is 484 g/mol. The Morgan fingerprint density at radius 3 is 2.00 bits per heavy atom. The van der Waals surface area contributed by atoms with Gasteiger partial charge in [-0.05, 0) is 37.7 Å². The first-order valence-corrected chi connectivity index (χ1v) is 13.6. The number of hydrogen-bond donors (Lipinski definition) is 4. The molecule has 2 unspecified atom stereocenters. The maximum atomic E-state index is 13.0. The van der Waals surface area contributed by atoms with Crippen LogP contribution in [0.2, 0.25) is 0 Å². The summed E-state index contributed by atoms with van der Waals surface area (Å²) in [4.78, 5) is 63.6. The van der Waals surface area contributed by atoms with E-state index in [1.165, 1.54) is 13.1 Å². The second-order valence-electron chi connectivity index (χ2n) is 9.74. The topological polar surface area (TPSA) is 133 Å². The van der Waals surface area contributed by atoms with Crippen molar-refractivity contribution in [3.05, 3.63) is 36.5 Å². The number of nitrogens with one attached hydrogen (secondary N) is 4. The molecule has 0 aromatic heterocycles. The molecule has 38 heavy (non-hydrogen) atoms. The number of hydrogen-bond acceptors (Lipinski definition) is 5. The van der Waals surface area contributed by atoms with Crippen LogP contribution in [0.25, 0.3) is 0 Å². The van der Waals surface area contributed by atoms with Crippen molar-refractivity contribution in [1.29, 1.82) is 0 Å². The number of carbonyl (C=O) groups is 5. The van der Waals surface area contributed by atoms with Crippen LogP contribution >= 0.6 is 0 Å². The number of rotatable bonds is 19. The minimum absolute atomic E-state index is 0.0556. The van der Waals surface area contributed by atoms with Crippen molar-refractivity contribution in [3.8, 4) is 0 Å². The zero-order valence-corrected chi connectivity index (χ0v) is 24.0. The Morgan fingerprint density at radius 2 is 1.53 bits per heavy atom. The van der Waals surface area contributed by atoms with Gasteiger partial charge in [-0.2, -0.15) is 0 Å². The molecule has 0 aliphatic carbocycles. The van der Waals surface area contributed by atoms with Crippen LogP contribution in [0.3, 0.4) is 0 Å². The molecule has 4 N–H and O–H groups in total. The van der Waals surface area contributed by atoms with Gasteiger partial charge in [0.25, 0.3) is 5.91 Å². The fourth-order valence-electron chi connectivity index (χ4n) is 3.94. The third-order valence-corrected chi connectivity index (χ3v) is 5.97. The lowest BCUT2D eigenvalue weighted by Crippen LogP contribution is -2.52. The second-order valence-corrected chi connectivity index (χ2v) is 9.74. The number of Topliss-reactive ketones (excluding diaryl/α,β-unsaturated/α-hetero) is 1. The van der Waals surface area contributed by atoms with E-state index in [2.05, 4.69) is 41.7 Å². The van der Waals surface area contributed by atoms with Crippen molar-refractivity contribution in [2.24, 2.45) is 11.8 Å². The van der Waals surface area contributed by atoms with Crippen LogP contribution in [0.1, 0.15) is 79.6 Å². The highest BCUT2D eigenvalue weighted by molar-refractivity contribution is 6.38. The molecule has 0 fully saturated rings. The van der Waals surface area contributed by atoms with Gasteiger partial charge < -0.3 is 21.3 Å². The molecule has 0 aliphatic heterocycles. The summed E-state index contributed by atoms with van der Waals surface area (Å²) in [5.74, 6) is -3.22. The summed E-state index contributed by atoms with van der Waals surface area (Å²) >= 11 is 0. The molecule has 0 aromatic rings. The van der Waals surface area contributed by atoms with E-state index in [0.717, 1.165) is 38.5 Å². The van der Waals surface area contributed by atoms with Gasteiger partial charge in [-0.3, -0.25) is 24.0 Å². The molecule has 4 amide bonds. The van der Waals surface area contributed by atoms with Gasteiger partial charge in [0.2, 0.25) is 23.5 Å². The summed E-state index contributed by atoms with van der Waals surface area (Å²) in [6, 6.07) is -1.99. The van der Waals surface area contributed by atoms with Gasteiger partial charge in [-0.15, -0.1) is 0 Å². The average Bonchev–Trinajstić information content (AvgIpc) is 2.88. The van der Waals surface area contributed by atoms with Gasteiger partial charge in [0.15, 0.2) is 0 Å². The van der Waals surface area contributed by atoms with E-state index in [4.69, 9.17) is 0 Å². The van der Waals surface area contributed by atoms with Gasteiger partial charge in [0.05, 0.1) is 12.6 Å². The van der Waals surface area contributed by atoms with Crippen molar-refractivity contribution in [1.82, 2.24) is 21.3 Å². The van der Waals surface area contributed by atoms with Crippen molar-refractivity contribution in [2.75, 3.05) is 13.6 Å². The Labute approximate surface area is 228 Å². The SMILES string of the molecule is C=C/C=C(\C=C/C)C(NC(=O)CNC(=O)C(=O)C(CC(C)C)NC(=O)C(CCCC)CCCC)C(=O)NC. The highest BCUT2D eigenvalue weighted by Gasteiger charge is 2.30. The predicted molar refractivity (Wildman–Crippen MR) is 151 cm³/mol. The lowest BCUT2D eigenvalue weighted by molar-refractivity contribution is -0.141. The van der Waals surface area contributed by atoms with E-state index in [1.807, 2.05) is 13.8 Å². The molecular formula is C29H48N4O5. The molecule has 0 aromatic carbocycles. The van der Waals surface area contributed by atoms with E-state index < -0.39 is 42.1 Å². The Bertz CT molecular complexity index is 855. The van der Waals surface area contributed by atoms with Crippen molar-refractivity contribution in [2.45, 2.75) is 91.6 Å². The van der Waals surface area contributed by atoms with E-state index in [9.17, 15) is 24.0 Å². The summed E-state index contributed by atoms with van der Waals surface area (Å²) in [7, 11) is 1.45. The second kappa shape index (κ2) is 19.8. The molecule has 2 atom stereocenters. The smallest absolute Gasteiger partial charge is 0.290 e. The molecule has 0 rings (SSSR count). The van der Waals surface area contributed by atoms with Gasteiger partial charge in [-0.1, -0.05) is 84.3 Å². The quantitative estimate of drug-likeness (QED) is 0.150. The first-order valence-electron chi connectivity index (χ1n) is 13.6. The van der Waals surface area contributed by atoms with Gasteiger partial charge >= 0.3 is 0 Å². The number of allylic oxidation sites excluding steroid dienone is 3. The molecule has 0 aliphatic rings. The molecule has 0 heterocycles. The van der Waals surface area contributed by atoms with Crippen LogP contribution < -0.4 is 21.3 Å². The van der Waals surface area contributed by atoms with Crippen molar-refractivity contribution >= 4 is 29.4 Å². The summed E-state index contributed by atoms with van der Waals surface area (Å²) in [5, 5.41) is 10.2.